The summed E-state index contributed by atoms with van der Waals surface area (Å²) in [6.45, 7) is 7.10. The van der Waals surface area contributed by atoms with E-state index in [9.17, 15) is 0 Å². The Morgan fingerprint density at radius 3 is 2.75 bits per heavy atom. The van der Waals surface area contributed by atoms with Gasteiger partial charge in [-0.25, -0.2) is 4.68 Å². The first-order valence-corrected chi connectivity index (χ1v) is 8.89. The van der Waals surface area contributed by atoms with Crippen LogP contribution in [0.3, 0.4) is 0 Å². The Morgan fingerprint density at radius 1 is 1.08 bits per heavy atom. The van der Waals surface area contributed by atoms with Crippen LogP contribution in [0.1, 0.15) is 18.5 Å². The third-order valence-corrected chi connectivity index (χ3v) is 5.06. The van der Waals surface area contributed by atoms with Gasteiger partial charge < -0.3 is 4.74 Å². The predicted molar refractivity (Wildman–Crippen MR) is 92.1 cm³/mol. The van der Waals surface area contributed by atoms with E-state index in [1.54, 1.807) is 0 Å². The molecule has 0 N–H and O–H groups in total. The van der Waals surface area contributed by atoms with E-state index >= 15 is 0 Å². The molecule has 0 bridgehead atoms. The molecule has 1 aromatic carbocycles. The fourth-order valence-electron chi connectivity index (χ4n) is 3.75. The van der Waals surface area contributed by atoms with Gasteiger partial charge in [0.2, 0.25) is 0 Å². The summed E-state index contributed by atoms with van der Waals surface area (Å²) >= 11 is 0. The average molecular weight is 327 g/mol. The van der Waals surface area contributed by atoms with E-state index in [1.807, 2.05) is 29.1 Å². The van der Waals surface area contributed by atoms with Crippen molar-refractivity contribution < 1.29 is 4.74 Å². The summed E-state index contributed by atoms with van der Waals surface area (Å²) in [7, 11) is 0. The summed E-state index contributed by atoms with van der Waals surface area (Å²) < 4.78 is 7.43. The predicted octanol–water partition coefficient (Wildman–Crippen LogP) is 1.56. The first-order chi connectivity index (χ1) is 11.9. The molecule has 0 radical (unpaired) electrons. The molecule has 1 atom stereocenters. The number of para-hydroxylation sites is 1. The Balaban J connectivity index is 1.44. The lowest BCUT2D eigenvalue weighted by Gasteiger charge is -2.32. The lowest BCUT2D eigenvalue weighted by atomic mass is 10.2. The number of rotatable bonds is 5. The van der Waals surface area contributed by atoms with Crippen LogP contribution in [0.4, 0.5) is 0 Å². The van der Waals surface area contributed by atoms with Gasteiger partial charge in [0.05, 0.1) is 30.8 Å². The summed E-state index contributed by atoms with van der Waals surface area (Å²) in [5, 5.41) is 8.42. The molecule has 0 amide bonds. The van der Waals surface area contributed by atoms with Crippen LogP contribution in [0.5, 0.6) is 0 Å². The SMILES string of the molecule is c1ccc(-n2nncc2CN2CCC[C@H]2CN2CCOCC2)cc1. The maximum atomic E-state index is 5.47. The van der Waals surface area contributed by atoms with Gasteiger partial charge in [0.15, 0.2) is 0 Å². The highest BCUT2D eigenvalue weighted by molar-refractivity contribution is 5.31. The molecule has 1 aromatic heterocycles. The fourth-order valence-corrected chi connectivity index (χ4v) is 3.75. The minimum atomic E-state index is 0.627. The maximum absolute atomic E-state index is 5.47. The summed E-state index contributed by atoms with van der Waals surface area (Å²) in [6.07, 6.45) is 4.46. The van der Waals surface area contributed by atoms with Crippen molar-refractivity contribution in [1.29, 1.82) is 0 Å². The standard InChI is InChI=1S/C18H25N5O/c1-2-5-16(6-3-1)23-18(13-19-20-23)15-22-8-4-7-17(22)14-21-9-11-24-12-10-21/h1-3,5-6,13,17H,4,7-12,14-15H2/t17-/m0/s1. The number of aromatic nitrogens is 3. The van der Waals surface area contributed by atoms with Crippen molar-refractivity contribution in [2.45, 2.75) is 25.4 Å². The molecule has 0 saturated carbocycles. The number of hydrogen-bond acceptors (Lipinski definition) is 5. The summed E-state index contributed by atoms with van der Waals surface area (Å²) in [4.78, 5) is 5.13. The van der Waals surface area contributed by atoms with Gasteiger partial charge in [0.25, 0.3) is 0 Å². The summed E-state index contributed by atoms with van der Waals surface area (Å²) in [6, 6.07) is 10.9. The first-order valence-electron chi connectivity index (χ1n) is 8.89. The molecule has 6 nitrogen and oxygen atoms in total. The van der Waals surface area contributed by atoms with Crippen LogP contribution in [0.15, 0.2) is 36.5 Å². The van der Waals surface area contributed by atoms with E-state index in [2.05, 4.69) is 32.2 Å². The van der Waals surface area contributed by atoms with Gasteiger partial charge in [-0.15, -0.1) is 5.10 Å². The van der Waals surface area contributed by atoms with Crippen molar-refractivity contribution in [1.82, 2.24) is 24.8 Å². The minimum Gasteiger partial charge on any atom is -0.379 e. The van der Waals surface area contributed by atoms with E-state index in [-0.39, 0.29) is 0 Å². The van der Waals surface area contributed by atoms with Gasteiger partial charge in [0, 0.05) is 32.2 Å². The zero-order valence-corrected chi connectivity index (χ0v) is 14.0. The van der Waals surface area contributed by atoms with Crippen LogP contribution in [-0.4, -0.2) is 70.2 Å². The van der Waals surface area contributed by atoms with Crippen molar-refractivity contribution in [2.75, 3.05) is 39.4 Å². The zero-order chi connectivity index (χ0) is 16.2. The van der Waals surface area contributed by atoms with Gasteiger partial charge in [-0.05, 0) is 31.5 Å². The summed E-state index contributed by atoms with van der Waals surface area (Å²) in [5.41, 5.74) is 2.24. The van der Waals surface area contributed by atoms with E-state index in [0.29, 0.717) is 6.04 Å². The number of ether oxygens (including phenoxy) is 1. The number of likely N-dealkylation sites (tertiary alicyclic amines) is 1. The van der Waals surface area contributed by atoms with Crippen LogP contribution in [0.2, 0.25) is 0 Å². The second-order valence-corrected chi connectivity index (χ2v) is 6.65. The lowest BCUT2D eigenvalue weighted by molar-refractivity contribution is 0.0260. The molecule has 128 valence electrons. The molecule has 0 unspecified atom stereocenters. The van der Waals surface area contributed by atoms with Crippen molar-refractivity contribution >= 4 is 0 Å². The van der Waals surface area contributed by atoms with Crippen molar-refractivity contribution in [3.8, 4) is 5.69 Å². The third kappa shape index (κ3) is 3.50. The molecule has 6 heteroatoms. The molecule has 2 aromatic rings. The molecule has 4 rings (SSSR count). The van der Waals surface area contributed by atoms with Crippen LogP contribution >= 0.6 is 0 Å². The van der Waals surface area contributed by atoms with Gasteiger partial charge in [-0.2, -0.15) is 0 Å². The average Bonchev–Trinajstić information content (AvgIpc) is 3.27. The van der Waals surface area contributed by atoms with Crippen LogP contribution in [0.25, 0.3) is 5.69 Å². The van der Waals surface area contributed by atoms with Gasteiger partial charge in [0.1, 0.15) is 0 Å². The Kier molecular flexibility index (Phi) is 4.87. The Hall–Kier alpha value is -1.76. The molecule has 24 heavy (non-hydrogen) atoms. The minimum absolute atomic E-state index is 0.627. The molecule has 2 fully saturated rings. The van der Waals surface area contributed by atoms with Crippen molar-refractivity contribution in [3.05, 3.63) is 42.2 Å². The first kappa shape index (κ1) is 15.7. The quantitative estimate of drug-likeness (QED) is 0.834. The van der Waals surface area contributed by atoms with E-state index in [0.717, 1.165) is 57.3 Å². The second-order valence-electron chi connectivity index (χ2n) is 6.65. The monoisotopic (exact) mass is 327 g/mol. The number of hydrogen-bond donors (Lipinski definition) is 0. The molecule has 2 saturated heterocycles. The zero-order valence-electron chi connectivity index (χ0n) is 14.0. The maximum Gasteiger partial charge on any atom is 0.0786 e. The molecule has 2 aliphatic heterocycles. The molecule has 0 aliphatic carbocycles. The van der Waals surface area contributed by atoms with Crippen LogP contribution in [0, 0.1) is 0 Å². The number of nitrogens with zero attached hydrogens (tertiary/aromatic N) is 5. The highest BCUT2D eigenvalue weighted by Crippen LogP contribution is 2.22. The Labute approximate surface area is 143 Å². The fraction of sp³-hybridized carbons (Fsp3) is 0.556. The van der Waals surface area contributed by atoms with Gasteiger partial charge in [-0.1, -0.05) is 23.4 Å². The van der Waals surface area contributed by atoms with E-state index < -0.39 is 0 Å². The summed E-state index contributed by atoms with van der Waals surface area (Å²) in [5.74, 6) is 0. The highest BCUT2D eigenvalue weighted by Gasteiger charge is 2.28. The Bertz CT molecular complexity index is 638. The molecular weight excluding hydrogens is 302 g/mol. The smallest absolute Gasteiger partial charge is 0.0786 e. The second kappa shape index (κ2) is 7.42. The molecule has 2 aliphatic rings. The third-order valence-electron chi connectivity index (χ3n) is 5.06. The molecule has 3 heterocycles. The van der Waals surface area contributed by atoms with Crippen LogP contribution < -0.4 is 0 Å². The van der Waals surface area contributed by atoms with Gasteiger partial charge in [-0.3, -0.25) is 9.80 Å². The lowest BCUT2D eigenvalue weighted by Crippen LogP contribution is -2.44. The van der Waals surface area contributed by atoms with E-state index in [4.69, 9.17) is 4.74 Å². The molecular formula is C18H25N5O. The van der Waals surface area contributed by atoms with Crippen molar-refractivity contribution in [3.63, 3.8) is 0 Å². The number of morpholine rings is 1. The normalized spacial score (nSPS) is 22.9. The Morgan fingerprint density at radius 2 is 1.92 bits per heavy atom. The van der Waals surface area contributed by atoms with Crippen LogP contribution in [-0.2, 0) is 11.3 Å². The topological polar surface area (TPSA) is 46.4 Å². The van der Waals surface area contributed by atoms with Gasteiger partial charge >= 0.3 is 0 Å². The molecule has 0 spiro atoms. The highest BCUT2D eigenvalue weighted by atomic mass is 16.5. The van der Waals surface area contributed by atoms with Crippen molar-refractivity contribution in [2.24, 2.45) is 0 Å². The van der Waals surface area contributed by atoms with E-state index in [1.165, 1.54) is 12.8 Å². The number of benzene rings is 1. The largest absolute Gasteiger partial charge is 0.379 e.